The van der Waals surface area contributed by atoms with Crippen molar-refractivity contribution in [2.45, 2.75) is 18.9 Å². The molecule has 2 saturated heterocycles. The van der Waals surface area contributed by atoms with E-state index in [0.717, 1.165) is 49.8 Å². The van der Waals surface area contributed by atoms with E-state index in [4.69, 9.17) is 4.74 Å². The van der Waals surface area contributed by atoms with Gasteiger partial charge in [-0.25, -0.2) is 0 Å². The Morgan fingerprint density at radius 3 is 2.58 bits per heavy atom. The number of benzene rings is 1. The highest BCUT2D eigenvalue weighted by Crippen LogP contribution is 2.33. The minimum absolute atomic E-state index is 0.0440. The summed E-state index contributed by atoms with van der Waals surface area (Å²) >= 11 is 1.91. The van der Waals surface area contributed by atoms with Gasteiger partial charge in [-0.1, -0.05) is 29.8 Å². The molecule has 5 nitrogen and oxygen atoms in total. The average molecular weight is 348 g/mol. The van der Waals surface area contributed by atoms with Gasteiger partial charge >= 0.3 is 0 Å². The summed E-state index contributed by atoms with van der Waals surface area (Å²) in [5.41, 5.74) is 1.47. The molecule has 2 fully saturated rings. The maximum Gasteiger partial charge on any atom is 0.292 e. The molecule has 0 aromatic heterocycles. The lowest BCUT2D eigenvalue weighted by atomic mass is 9.95. The van der Waals surface area contributed by atoms with Gasteiger partial charge in [0.2, 0.25) is 5.78 Å². The largest absolute Gasteiger partial charge is 0.379 e. The number of nitrogens with zero attached hydrogens (tertiary/aromatic N) is 1. The van der Waals surface area contributed by atoms with Crippen molar-refractivity contribution in [1.29, 1.82) is 0 Å². The van der Waals surface area contributed by atoms with Crippen LogP contribution >= 0.6 is 11.8 Å². The van der Waals surface area contributed by atoms with E-state index in [0.29, 0.717) is 12.1 Å². The van der Waals surface area contributed by atoms with Crippen LogP contribution in [0.15, 0.2) is 24.3 Å². The quantitative estimate of drug-likeness (QED) is 0.646. The molecule has 1 unspecified atom stereocenters. The number of hydrogen-bond acceptors (Lipinski definition) is 5. The molecule has 0 bridgehead atoms. The van der Waals surface area contributed by atoms with E-state index in [1.54, 1.807) is 12.1 Å². The lowest BCUT2D eigenvalue weighted by Crippen LogP contribution is -2.59. The van der Waals surface area contributed by atoms with Crippen molar-refractivity contribution in [2.24, 2.45) is 0 Å². The van der Waals surface area contributed by atoms with Gasteiger partial charge in [0.05, 0.1) is 13.2 Å². The second-order valence-corrected chi connectivity index (χ2v) is 7.61. The fourth-order valence-corrected chi connectivity index (χ4v) is 4.77. The third-order valence-corrected chi connectivity index (χ3v) is 6.10. The summed E-state index contributed by atoms with van der Waals surface area (Å²) < 4.78 is 5.45. The van der Waals surface area contributed by atoms with Crippen molar-refractivity contribution in [3.05, 3.63) is 35.4 Å². The number of thioether (sulfide) groups is 1. The maximum atomic E-state index is 12.3. The van der Waals surface area contributed by atoms with E-state index in [2.05, 4.69) is 10.2 Å². The maximum absolute atomic E-state index is 12.3. The van der Waals surface area contributed by atoms with Crippen LogP contribution in [0.1, 0.15) is 22.3 Å². The zero-order valence-corrected chi connectivity index (χ0v) is 14.9. The topological polar surface area (TPSA) is 58.6 Å². The zero-order valence-electron chi connectivity index (χ0n) is 14.0. The van der Waals surface area contributed by atoms with Crippen LogP contribution in [-0.4, -0.2) is 66.5 Å². The van der Waals surface area contributed by atoms with Crippen LogP contribution in [0.3, 0.4) is 0 Å². The highest BCUT2D eigenvalue weighted by atomic mass is 32.2. The fourth-order valence-electron chi connectivity index (χ4n) is 3.30. The Balaban J connectivity index is 1.62. The van der Waals surface area contributed by atoms with Gasteiger partial charge in [-0.05, 0) is 19.1 Å². The molecule has 3 rings (SSSR count). The molecule has 0 aliphatic carbocycles. The third-order valence-electron chi connectivity index (χ3n) is 4.86. The standard InChI is InChI=1S/C18H24N2O3S/c1-14-2-4-15(5-3-14)16(21)17(22)19-12-18(6-11-24-13-18)20-7-9-23-10-8-20/h2-5H,6-13H2,1H3,(H,19,22). The zero-order chi connectivity index (χ0) is 17.0. The van der Waals surface area contributed by atoms with Crippen LogP contribution in [0.4, 0.5) is 0 Å². The number of aryl methyl sites for hydroxylation is 1. The molecule has 1 amide bonds. The number of morpholine rings is 1. The molecule has 2 heterocycles. The number of amides is 1. The highest BCUT2D eigenvalue weighted by Gasteiger charge is 2.41. The molecule has 1 aromatic rings. The van der Waals surface area contributed by atoms with Gasteiger partial charge in [-0.15, -0.1) is 0 Å². The van der Waals surface area contributed by atoms with Gasteiger partial charge in [0, 0.05) is 36.5 Å². The summed E-state index contributed by atoms with van der Waals surface area (Å²) in [5.74, 6) is 1.12. The fraction of sp³-hybridized carbons (Fsp3) is 0.556. The number of ketones is 1. The second kappa shape index (κ2) is 7.68. The first-order valence-corrected chi connectivity index (χ1v) is 9.56. The Labute approximate surface area is 147 Å². The van der Waals surface area contributed by atoms with Gasteiger partial charge in [-0.3, -0.25) is 14.5 Å². The number of Topliss-reactive ketones (excluding diaryl/α,β-unsaturated/α-hetero) is 1. The molecule has 1 aromatic carbocycles. The number of rotatable bonds is 5. The molecule has 0 saturated carbocycles. The monoisotopic (exact) mass is 348 g/mol. The normalized spacial score (nSPS) is 24.7. The Morgan fingerprint density at radius 2 is 1.96 bits per heavy atom. The molecule has 0 radical (unpaired) electrons. The van der Waals surface area contributed by atoms with E-state index in [-0.39, 0.29) is 5.54 Å². The van der Waals surface area contributed by atoms with E-state index in [1.165, 1.54) is 0 Å². The Morgan fingerprint density at radius 1 is 1.25 bits per heavy atom. The lowest BCUT2D eigenvalue weighted by molar-refractivity contribution is -0.117. The van der Waals surface area contributed by atoms with Crippen LogP contribution < -0.4 is 5.32 Å². The molecule has 24 heavy (non-hydrogen) atoms. The summed E-state index contributed by atoms with van der Waals surface area (Å²) in [6.45, 7) is 5.74. The van der Waals surface area contributed by atoms with E-state index in [9.17, 15) is 9.59 Å². The third kappa shape index (κ3) is 3.82. The smallest absolute Gasteiger partial charge is 0.292 e. The second-order valence-electron chi connectivity index (χ2n) is 6.50. The summed E-state index contributed by atoms with van der Waals surface area (Å²) in [7, 11) is 0. The van der Waals surface area contributed by atoms with Gasteiger partial charge in [0.1, 0.15) is 0 Å². The van der Waals surface area contributed by atoms with Gasteiger partial charge in [0.25, 0.3) is 5.91 Å². The number of nitrogens with one attached hydrogen (secondary N) is 1. The predicted octanol–water partition coefficient (Wildman–Crippen LogP) is 1.50. The summed E-state index contributed by atoms with van der Waals surface area (Å²) in [6, 6.07) is 7.12. The van der Waals surface area contributed by atoms with E-state index in [1.807, 2.05) is 30.8 Å². The average Bonchev–Trinajstić information content (AvgIpc) is 3.11. The molecule has 1 atom stereocenters. The summed E-state index contributed by atoms with van der Waals surface area (Å²) in [6.07, 6.45) is 1.04. The van der Waals surface area contributed by atoms with Crippen molar-refractivity contribution in [1.82, 2.24) is 10.2 Å². The Bertz CT molecular complexity index is 591. The molecular formula is C18H24N2O3S. The summed E-state index contributed by atoms with van der Waals surface area (Å²) in [5, 5.41) is 2.89. The Hall–Kier alpha value is -1.37. The minimum Gasteiger partial charge on any atom is -0.379 e. The van der Waals surface area contributed by atoms with Crippen molar-refractivity contribution in [2.75, 3.05) is 44.4 Å². The number of carbonyl (C=O) groups is 2. The minimum atomic E-state index is -0.511. The lowest BCUT2D eigenvalue weighted by Gasteiger charge is -2.42. The van der Waals surface area contributed by atoms with Crippen LogP contribution in [0.2, 0.25) is 0 Å². The first kappa shape index (κ1) is 17.5. The number of ether oxygens (including phenoxy) is 1. The molecule has 6 heteroatoms. The van der Waals surface area contributed by atoms with E-state index < -0.39 is 11.7 Å². The van der Waals surface area contributed by atoms with Crippen LogP contribution in [-0.2, 0) is 9.53 Å². The number of hydrogen-bond donors (Lipinski definition) is 1. The first-order chi connectivity index (χ1) is 11.6. The van der Waals surface area contributed by atoms with Gasteiger partial charge in [0.15, 0.2) is 0 Å². The van der Waals surface area contributed by atoms with Gasteiger partial charge in [-0.2, -0.15) is 11.8 Å². The van der Waals surface area contributed by atoms with Crippen molar-refractivity contribution in [3.63, 3.8) is 0 Å². The van der Waals surface area contributed by atoms with Gasteiger partial charge < -0.3 is 10.1 Å². The molecule has 1 N–H and O–H groups in total. The van der Waals surface area contributed by atoms with Crippen LogP contribution in [0, 0.1) is 6.92 Å². The van der Waals surface area contributed by atoms with Crippen LogP contribution in [0.25, 0.3) is 0 Å². The SMILES string of the molecule is Cc1ccc(C(=O)C(=O)NCC2(N3CCOCC3)CCSC2)cc1. The molecule has 130 valence electrons. The predicted molar refractivity (Wildman–Crippen MR) is 95.6 cm³/mol. The Kier molecular flexibility index (Phi) is 5.58. The molecule has 2 aliphatic rings. The summed E-state index contributed by atoms with van der Waals surface area (Å²) in [4.78, 5) is 27.0. The molecule has 2 aliphatic heterocycles. The van der Waals surface area contributed by atoms with Crippen molar-refractivity contribution in [3.8, 4) is 0 Å². The highest BCUT2D eigenvalue weighted by molar-refractivity contribution is 7.99. The molecule has 0 spiro atoms. The first-order valence-electron chi connectivity index (χ1n) is 8.40. The van der Waals surface area contributed by atoms with Crippen LogP contribution in [0.5, 0.6) is 0 Å². The number of carbonyl (C=O) groups excluding carboxylic acids is 2. The van der Waals surface area contributed by atoms with Crippen molar-refractivity contribution < 1.29 is 14.3 Å². The van der Waals surface area contributed by atoms with E-state index >= 15 is 0 Å². The molecular weight excluding hydrogens is 324 g/mol. The van der Waals surface area contributed by atoms with Crippen molar-refractivity contribution >= 4 is 23.5 Å².